The number of ether oxygens (including phenoxy) is 2. The highest BCUT2D eigenvalue weighted by molar-refractivity contribution is 5.47. The van der Waals surface area contributed by atoms with E-state index < -0.39 is 0 Å². The van der Waals surface area contributed by atoms with Crippen LogP contribution in [0.1, 0.15) is 18.4 Å². The molecule has 1 aromatic rings. The third-order valence-corrected chi connectivity index (χ3v) is 3.62. The Bertz CT molecular complexity index is 400. The van der Waals surface area contributed by atoms with Crippen molar-refractivity contribution in [3.63, 3.8) is 0 Å². The average Bonchev–Trinajstić information content (AvgIpc) is 2.34. The molecule has 0 bridgehead atoms. The van der Waals surface area contributed by atoms with E-state index in [9.17, 15) is 5.11 Å². The van der Waals surface area contributed by atoms with Crippen LogP contribution in [0.25, 0.3) is 0 Å². The molecule has 2 rings (SSSR count). The summed E-state index contributed by atoms with van der Waals surface area (Å²) in [7, 11) is 3.28. The summed E-state index contributed by atoms with van der Waals surface area (Å²) < 4.78 is 10.6. The minimum atomic E-state index is -0.255. The van der Waals surface area contributed by atoms with Gasteiger partial charge in [-0.2, -0.15) is 0 Å². The molecule has 1 fully saturated rings. The third-order valence-electron chi connectivity index (χ3n) is 3.62. The minimum absolute atomic E-state index is 0.167. The van der Waals surface area contributed by atoms with Crippen LogP contribution in [0.4, 0.5) is 0 Å². The number of benzene rings is 1. The molecule has 0 heterocycles. The van der Waals surface area contributed by atoms with E-state index in [4.69, 9.17) is 15.2 Å². The van der Waals surface area contributed by atoms with Gasteiger partial charge in [0.15, 0.2) is 0 Å². The second kappa shape index (κ2) is 4.55. The SMILES string of the molecule is COc1ccc(OC)c(C2(CN)CC(O)C2)c1. The van der Waals surface area contributed by atoms with E-state index in [1.54, 1.807) is 14.2 Å². The van der Waals surface area contributed by atoms with E-state index >= 15 is 0 Å². The summed E-state index contributed by atoms with van der Waals surface area (Å²) in [6.07, 6.45) is 1.12. The Morgan fingerprint density at radius 1 is 1.35 bits per heavy atom. The van der Waals surface area contributed by atoms with Crippen molar-refractivity contribution in [2.45, 2.75) is 24.4 Å². The fraction of sp³-hybridized carbons (Fsp3) is 0.538. The molecule has 1 aromatic carbocycles. The van der Waals surface area contributed by atoms with Crippen molar-refractivity contribution in [3.05, 3.63) is 23.8 Å². The van der Waals surface area contributed by atoms with E-state index in [0.29, 0.717) is 19.4 Å². The maximum atomic E-state index is 9.54. The van der Waals surface area contributed by atoms with Gasteiger partial charge in [0.2, 0.25) is 0 Å². The van der Waals surface area contributed by atoms with Crippen molar-refractivity contribution in [1.29, 1.82) is 0 Å². The van der Waals surface area contributed by atoms with Gasteiger partial charge in [-0.15, -0.1) is 0 Å². The third kappa shape index (κ3) is 1.98. The van der Waals surface area contributed by atoms with Gasteiger partial charge in [-0.05, 0) is 31.0 Å². The van der Waals surface area contributed by atoms with E-state index in [1.165, 1.54) is 0 Å². The van der Waals surface area contributed by atoms with E-state index in [1.807, 2.05) is 18.2 Å². The van der Waals surface area contributed by atoms with Crippen molar-refractivity contribution in [1.82, 2.24) is 0 Å². The van der Waals surface area contributed by atoms with Crippen LogP contribution in [-0.2, 0) is 5.41 Å². The number of nitrogens with two attached hydrogens (primary N) is 1. The molecular weight excluding hydrogens is 218 g/mol. The van der Waals surface area contributed by atoms with Crippen molar-refractivity contribution in [3.8, 4) is 11.5 Å². The van der Waals surface area contributed by atoms with Crippen LogP contribution < -0.4 is 15.2 Å². The van der Waals surface area contributed by atoms with Gasteiger partial charge in [0, 0.05) is 17.5 Å². The molecule has 0 saturated heterocycles. The molecule has 94 valence electrons. The summed E-state index contributed by atoms with van der Waals surface area (Å²) in [5.41, 5.74) is 6.74. The van der Waals surface area contributed by atoms with Crippen LogP contribution in [0.15, 0.2) is 18.2 Å². The van der Waals surface area contributed by atoms with Crippen molar-refractivity contribution in [2.75, 3.05) is 20.8 Å². The van der Waals surface area contributed by atoms with Gasteiger partial charge in [-0.1, -0.05) is 0 Å². The second-order valence-corrected chi connectivity index (χ2v) is 4.61. The lowest BCUT2D eigenvalue weighted by Gasteiger charge is -2.45. The van der Waals surface area contributed by atoms with Crippen LogP contribution in [0, 0.1) is 0 Å². The normalized spacial score (nSPS) is 27.4. The van der Waals surface area contributed by atoms with E-state index in [0.717, 1.165) is 17.1 Å². The molecule has 1 aliphatic rings. The van der Waals surface area contributed by atoms with E-state index in [2.05, 4.69) is 0 Å². The highest BCUT2D eigenvalue weighted by Crippen LogP contribution is 2.47. The molecule has 0 spiro atoms. The summed E-state index contributed by atoms with van der Waals surface area (Å²) in [6, 6.07) is 5.70. The van der Waals surface area contributed by atoms with Crippen LogP contribution in [0.5, 0.6) is 11.5 Å². The first-order chi connectivity index (χ1) is 8.15. The molecule has 3 N–H and O–H groups in total. The van der Waals surface area contributed by atoms with Crippen molar-refractivity contribution >= 4 is 0 Å². The molecule has 0 atom stereocenters. The van der Waals surface area contributed by atoms with Crippen LogP contribution >= 0.6 is 0 Å². The second-order valence-electron chi connectivity index (χ2n) is 4.61. The summed E-state index contributed by atoms with van der Waals surface area (Å²) in [5, 5.41) is 9.54. The summed E-state index contributed by atoms with van der Waals surface area (Å²) >= 11 is 0. The Kier molecular flexibility index (Phi) is 3.26. The Morgan fingerprint density at radius 2 is 2.06 bits per heavy atom. The largest absolute Gasteiger partial charge is 0.497 e. The van der Waals surface area contributed by atoms with Crippen LogP contribution in [0.2, 0.25) is 0 Å². The quantitative estimate of drug-likeness (QED) is 0.821. The molecule has 0 aliphatic heterocycles. The van der Waals surface area contributed by atoms with Gasteiger partial charge in [0.1, 0.15) is 11.5 Å². The molecule has 0 aromatic heterocycles. The molecule has 0 unspecified atom stereocenters. The van der Waals surface area contributed by atoms with E-state index in [-0.39, 0.29) is 11.5 Å². The summed E-state index contributed by atoms with van der Waals surface area (Å²) in [4.78, 5) is 0. The Hall–Kier alpha value is -1.26. The van der Waals surface area contributed by atoms with Gasteiger partial charge < -0.3 is 20.3 Å². The Morgan fingerprint density at radius 3 is 2.53 bits per heavy atom. The number of hydrogen-bond donors (Lipinski definition) is 2. The monoisotopic (exact) mass is 237 g/mol. The molecule has 1 saturated carbocycles. The molecule has 0 amide bonds. The Balaban J connectivity index is 2.41. The molecular formula is C13H19NO3. The summed E-state index contributed by atoms with van der Waals surface area (Å²) in [6.45, 7) is 0.508. The number of rotatable bonds is 4. The fourth-order valence-electron chi connectivity index (χ4n) is 2.57. The predicted octanol–water partition coefficient (Wildman–Crippen LogP) is 1.06. The zero-order chi connectivity index (χ0) is 12.5. The number of aliphatic hydroxyl groups excluding tert-OH is 1. The van der Waals surface area contributed by atoms with Gasteiger partial charge in [-0.25, -0.2) is 0 Å². The minimum Gasteiger partial charge on any atom is -0.497 e. The molecule has 17 heavy (non-hydrogen) atoms. The lowest BCUT2D eigenvalue weighted by molar-refractivity contribution is 0.0210. The van der Waals surface area contributed by atoms with Gasteiger partial charge in [0.25, 0.3) is 0 Å². The van der Waals surface area contributed by atoms with Crippen molar-refractivity contribution in [2.24, 2.45) is 5.73 Å². The van der Waals surface area contributed by atoms with Crippen molar-refractivity contribution < 1.29 is 14.6 Å². The number of methoxy groups -OCH3 is 2. The Labute approximate surface area is 101 Å². The number of hydrogen-bond acceptors (Lipinski definition) is 4. The first-order valence-electron chi connectivity index (χ1n) is 5.76. The molecule has 4 nitrogen and oxygen atoms in total. The van der Waals surface area contributed by atoms with Crippen LogP contribution in [0.3, 0.4) is 0 Å². The standard InChI is InChI=1S/C13H19NO3/c1-16-10-3-4-12(17-2)11(5-10)13(8-14)6-9(15)7-13/h3-5,9,15H,6-8,14H2,1-2H3. The smallest absolute Gasteiger partial charge is 0.122 e. The van der Waals surface area contributed by atoms with Crippen LogP contribution in [-0.4, -0.2) is 32.0 Å². The maximum absolute atomic E-state index is 9.54. The topological polar surface area (TPSA) is 64.7 Å². The highest BCUT2D eigenvalue weighted by Gasteiger charge is 2.45. The van der Waals surface area contributed by atoms with Gasteiger partial charge in [-0.3, -0.25) is 0 Å². The predicted molar refractivity (Wildman–Crippen MR) is 65.5 cm³/mol. The first kappa shape index (κ1) is 12.2. The zero-order valence-corrected chi connectivity index (χ0v) is 10.3. The lowest BCUT2D eigenvalue weighted by atomic mass is 9.62. The summed E-state index contributed by atoms with van der Waals surface area (Å²) in [5.74, 6) is 1.60. The van der Waals surface area contributed by atoms with Gasteiger partial charge >= 0.3 is 0 Å². The lowest BCUT2D eigenvalue weighted by Crippen LogP contribution is -2.49. The maximum Gasteiger partial charge on any atom is 0.122 e. The molecule has 1 aliphatic carbocycles. The number of aliphatic hydroxyl groups is 1. The first-order valence-corrected chi connectivity index (χ1v) is 5.76. The fourth-order valence-corrected chi connectivity index (χ4v) is 2.57. The van der Waals surface area contributed by atoms with Gasteiger partial charge in [0.05, 0.1) is 20.3 Å². The highest BCUT2D eigenvalue weighted by atomic mass is 16.5. The molecule has 4 heteroatoms. The average molecular weight is 237 g/mol. The zero-order valence-electron chi connectivity index (χ0n) is 10.3. The molecule has 0 radical (unpaired) electrons.